The first-order valence-electron chi connectivity index (χ1n) is 14.7. The number of anilines is 1. The second-order valence-corrected chi connectivity index (χ2v) is 12.5. The Morgan fingerprint density at radius 3 is 2.61 bits per heavy atom. The van der Waals surface area contributed by atoms with Crippen molar-refractivity contribution >= 4 is 27.5 Å². The highest BCUT2D eigenvalue weighted by atomic mass is 19.1. The van der Waals surface area contributed by atoms with Crippen LogP contribution in [0.1, 0.15) is 46.0 Å². The number of hydrogen-bond donors (Lipinski definition) is 2. The van der Waals surface area contributed by atoms with Gasteiger partial charge in [0.15, 0.2) is 5.82 Å². The molecule has 3 saturated heterocycles. The summed E-state index contributed by atoms with van der Waals surface area (Å²) in [7, 11) is 0. The first kappa shape index (κ1) is 26.3. The number of aromatic hydroxyl groups is 1. The summed E-state index contributed by atoms with van der Waals surface area (Å²) >= 11 is 0. The lowest BCUT2D eigenvalue weighted by Crippen LogP contribution is -2.43. The van der Waals surface area contributed by atoms with Crippen LogP contribution in [0.15, 0.2) is 42.6 Å². The summed E-state index contributed by atoms with van der Waals surface area (Å²) in [6, 6.07) is 10.9. The molecule has 0 spiro atoms. The number of benzene rings is 2. The number of aromatic nitrogens is 3. The largest absolute Gasteiger partial charge is 0.508 e. The number of phenolic OH excluding ortho intramolecular Hbond substituents is 1. The van der Waals surface area contributed by atoms with E-state index in [0.717, 1.165) is 56.0 Å². The van der Waals surface area contributed by atoms with Crippen molar-refractivity contribution in [3.63, 3.8) is 0 Å². The number of halogens is 1. The smallest absolute Gasteiger partial charge is 0.319 e. The third-order valence-corrected chi connectivity index (χ3v) is 9.51. The number of pyridine rings is 1. The summed E-state index contributed by atoms with van der Waals surface area (Å²) in [4.78, 5) is 18.6. The summed E-state index contributed by atoms with van der Waals surface area (Å²) in [6.45, 7) is 7.57. The number of ether oxygens (including phenoxy) is 1. The maximum absolute atomic E-state index is 16.5. The number of rotatable bonds is 6. The van der Waals surface area contributed by atoms with E-state index in [0.29, 0.717) is 36.5 Å². The molecule has 7 rings (SSSR count). The Morgan fingerprint density at radius 2 is 1.85 bits per heavy atom. The van der Waals surface area contributed by atoms with Crippen LogP contribution >= 0.6 is 0 Å². The van der Waals surface area contributed by atoms with Crippen molar-refractivity contribution in [2.45, 2.75) is 57.1 Å². The highest BCUT2D eigenvalue weighted by molar-refractivity contribution is 5.99. The minimum Gasteiger partial charge on any atom is -0.508 e. The fraction of sp³-hybridized carbons (Fsp3) is 0.469. The van der Waals surface area contributed by atoms with E-state index in [4.69, 9.17) is 9.72 Å². The highest BCUT2D eigenvalue weighted by Crippen LogP contribution is 2.41. The Morgan fingerprint density at radius 1 is 1.07 bits per heavy atom. The van der Waals surface area contributed by atoms with Gasteiger partial charge in [-0.25, -0.2) is 4.39 Å². The molecule has 3 fully saturated rings. The molecular formula is C32H36FN5O3. The van der Waals surface area contributed by atoms with Gasteiger partial charge in [0.2, 0.25) is 0 Å². The van der Waals surface area contributed by atoms with E-state index in [1.165, 1.54) is 0 Å². The fourth-order valence-corrected chi connectivity index (χ4v) is 7.19. The molecule has 8 nitrogen and oxygen atoms in total. The van der Waals surface area contributed by atoms with E-state index in [-0.39, 0.29) is 34.4 Å². The van der Waals surface area contributed by atoms with Gasteiger partial charge in [-0.05, 0) is 81.9 Å². The van der Waals surface area contributed by atoms with Gasteiger partial charge in [0, 0.05) is 30.8 Å². The molecule has 1 atom stereocenters. The quantitative estimate of drug-likeness (QED) is 0.330. The molecule has 2 N–H and O–H groups in total. The molecule has 0 aliphatic carbocycles. The van der Waals surface area contributed by atoms with Gasteiger partial charge in [0.25, 0.3) is 0 Å². The van der Waals surface area contributed by atoms with Crippen molar-refractivity contribution in [2.75, 3.05) is 37.7 Å². The molecule has 0 bridgehead atoms. The van der Waals surface area contributed by atoms with Gasteiger partial charge in [-0.2, -0.15) is 9.97 Å². The van der Waals surface area contributed by atoms with Gasteiger partial charge in [-0.15, -0.1) is 0 Å². The maximum Gasteiger partial charge on any atom is 0.319 e. The number of phenols is 1. The molecule has 2 aromatic heterocycles. The molecule has 3 aliphatic heterocycles. The third-order valence-electron chi connectivity index (χ3n) is 9.51. The zero-order valence-corrected chi connectivity index (χ0v) is 23.6. The Kier molecular flexibility index (Phi) is 6.28. The molecule has 214 valence electrons. The van der Waals surface area contributed by atoms with E-state index >= 15 is 4.39 Å². The van der Waals surface area contributed by atoms with Gasteiger partial charge < -0.3 is 19.8 Å². The first-order valence-corrected chi connectivity index (χ1v) is 14.7. The topological polar surface area (TPSA) is 94.8 Å². The third kappa shape index (κ3) is 4.55. The second kappa shape index (κ2) is 9.77. The van der Waals surface area contributed by atoms with Crippen molar-refractivity contribution in [1.29, 1.82) is 0 Å². The molecule has 1 unspecified atom stereocenters. The van der Waals surface area contributed by atoms with Crippen molar-refractivity contribution in [1.82, 2.24) is 19.9 Å². The van der Waals surface area contributed by atoms with Gasteiger partial charge >= 0.3 is 6.01 Å². The molecule has 0 saturated carbocycles. The Hall–Kier alpha value is -3.56. The van der Waals surface area contributed by atoms with Crippen LogP contribution in [0.2, 0.25) is 0 Å². The Balaban J connectivity index is 1.34. The van der Waals surface area contributed by atoms with Gasteiger partial charge in [-0.3, -0.25) is 9.88 Å². The Labute approximate surface area is 238 Å². The van der Waals surface area contributed by atoms with Crippen molar-refractivity contribution in [3.8, 4) is 23.0 Å². The van der Waals surface area contributed by atoms with E-state index in [2.05, 4.69) is 19.8 Å². The number of nitrogens with zero attached hydrogens (tertiary/aromatic N) is 5. The molecule has 3 aliphatic rings. The molecule has 4 aromatic rings. The van der Waals surface area contributed by atoms with Crippen LogP contribution in [0.4, 0.5) is 10.2 Å². The summed E-state index contributed by atoms with van der Waals surface area (Å²) in [5, 5.41) is 23.2. The summed E-state index contributed by atoms with van der Waals surface area (Å²) in [5.41, 5.74) is -0.0797. The highest BCUT2D eigenvalue weighted by Gasteiger charge is 2.45. The minimum absolute atomic E-state index is 0.000558. The van der Waals surface area contributed by atoms with Crippen molar-refractivity contribution in [2.24, 2.45) is 5.92 Å². The van der Waals surface area contributed by atoms with Crippen LogP contribution in [0.5, 0.6) is 11.8 Å². The number of aliphatic hydroxyl groups is 1. The lowest BCUT2D eigenvalue weighted by Gasteiger charge is -2.31. The molecule has 2 aromatic carbocycles. The van der Waals surface area contributed by atoms with Crippen LogP contribution in [-0.2, 0) is 0 Å². The van der Waals surface area contributed by atoms with Gasteiger partial charge in [-0.1, -0.05) is 24.3 Å². The Bertz CT molecular complexity index is 1630. The van der Waals surface area contributed by atoms with E-state index in [1.807, 2.05) is 38.1 Å². The fourth-order valence-electron chi connectivity index (χ4n) is 7.19. The average molecular weight is 558 g/mol. The van der Waals surface area contributed by atoms with Crippen molar-refractivity contribution < 1.29 is 19.3 Å². The number of hydrogen-bond acceptors (Lipinski definition) is 8. The van der Waals surface area contributed by atoms with Gasteiger partial charge in [0.05, 0.1) is 16.5 Å². The van der Waals surface area contributed by atoms with E-state index in [9.17, 15) is 10.2 Å². The van der Waals surface area contributed by atoms with Crippen LogP contribution < -0.4 is 9.64 Å². The monoisotopic (exact) mass is 557 g/mol. The molecule has 41 heavy (non-hydrogen) atoms. The average Bonchev–Trinajstić information content (AvgIpc) is 3.68. The molecule has 9 heteroatoms. The lowest BCUT2D eigenvalue weighted by molar-refractivity contribution is 0.0263. The van der Waals surface area contributed by atoms with E-state index < -0.39 is 11.4 Å². The maximum atomic E-state index is 16.5. The van der Waals surface area contributed by atoms with Crippen LogP contribution in [-0.4, -0.2) is 74.0 Å². The second-order valence-electron chi connectivity index (χ2n) is 12.5. The van der Waals surface area contributed by atoms with E-state index in [1.54, 1.807) is 18.3 Å². The summed E-state index contributed by atoms with van der Waals surface area (Å²) < 4.78 is 22.8. The predicted molar refractivity (Wildman–Crippen MR) is 157 cm³/mol. The molecule has 0 amide bonds. The summed E-state index contributed by atoms with van der Waals surface area (Å²) in [6.07, 6.45) is 6.89. The predicted octanol–water partition coefficient (Wildman–Crippen LogP) is 5.29. The lowest BCUT2D eigenvalue weighted by atomic mass is 9.90. The molecular weight excluding hydrogens is 521 g/mol. The van der Waals surface area contributed by atoms with Gasteiger partial charge in [0.1, 0.15) is 29.4 Å². The van der Waals surface area contributed by atoms with Crippen molar-refractivity contribution in [3.05, 3.63) is 48.4 Å². The van der Waals surface area contributed by atoms with Crippen LogP contribution in [0, 0.1) is 11.7 Å². The standard InChI is InChI=1S/C32H36FN5O3/c1-31(2,40)21-9-14-37(18-21)29-25-17-34-27(24-16-22(39)15-20-7-3-4-8-23(20)24)26(33)28(25)35-30(36-29)41-19-32-10-5-12-38(32)13-6-11-32/h3-4,7-8,15-17,21,39-40H,5-6,9-14,18-19H2,1-2H3. The zero-order valence-electron chi connectivity index (χ0n) is 23.6. The molecule has 5 heterocycles. The molecule has 0 radical (unpaired) electrons. The SMILES string of the molecule is CC(C)(O)C1CCN(c2nc(OCC34CCCN3CCC4)nc3c(F)c(-c4cc(O)cc5ccccc45)ncc23)C1. The normalized spacial score (nSPS) is 20.8. The summed E-state index contributed by atoms with van der Waals surface area (Å²) in [5.74, 6) is 0.0882. The van der Waals surface area contributed by atoms with Crippen LogP contribution in [0.25, 0.3) is 32.9 Å². The number of fused-ring (bicyclic) bond motifs is 3. The zero-order chi connectivity index (χ0) is 28.4. The minimum atomic E-state index is -0.836. The first-order chi connectivity index (χ1) is 19.7. The van der Waals surface area contributed by atoms with Crippen LogP contribution in [0.3, 0.4) is 0 Å².